The molecule has 4 rings (SSSR count). The second-order valence-electron chi connectivity index (χ2n) is 6.99. The van der Waals surface area contributed by atoms with Crippen molar-refractivity contribution in [3.8, 4) is 11.5 Å². The van der Waals surface area contributed by atoms with Gasteiger partial charge in [-0.25, -0.2) is 9.99 Å². The summed E-state index contributed by atoms with van der Waals surface area (Å²) in [5.74, 6) is 1.31. The molecule has 0 saturated heterocycles. The zero-order valence-corrected chi connectivity index (χ0v) is 17.8. The predicted octanol–water partition coefficient (Wildman–Crippen LogP) is 4.99. The van der Waals surface area contributed by atoms with Crippen LogP contribution in [-0.2, 0) is 4.79 Å². The number of halogens is 1. The van der Waals surface area contributed by atoms with Gasteiger partial charge in [-0.2, -0.15) is 5.10 Å². The number of pyridine rings is 1. The van der Waals surface area contributed by atoms with Crippen LogP contribution in [0.25, 0.3) is 10.9 Å². The summed E-state index contributed by atoms with van der Waals surface area (Å²) in [5.41, 5.74) is 3.15. The topological polar surface area (TPSA) is 64.0 Å². The number of methoxy groups -OCH3 is 1. The fraction of sp³-hybridized carbons (Fsp3) is 0.261. The third-order valence-corrected chi connectivity index (χ3v) is 5.39. The summed E-state index contributed by atoms with van der Waals surface area (Å²) in [4.78, 5) is 16.9. The van der Waals surface area contributed by atoms with E-state index in [0.717, 1.165) is 33.5 Å². The van der Waals surface area contributed by atoms with Crippen LogP contribution in [0.5, 0.6) is 11.5 Å². The average molecular weight is 424 g/mol. The second kappa shape index (κ2) is 8.32. The van der Waals surface area contributed by atoms with Crippen molar-refractivity contribution in [2.24, 2.45) is 5.10 Å². The highest BCUT2D eigenvalue weighted by atomic mass is 35.5. The van der Waals surface area contributed by atoms with Crippen LogP contribution >= 0.6 is 11.6 Å². The van der Waals surface area contributed by atoms with Gasteiger partial charge in [0, 0.05) is 29.9 Å². The first-order valence-electron chi connectivity index (χ1n) is 9.75. The molecule has 7 heteroatoms. The minimum Gasteiger partial charge on any atom is -0.496 e. The summed E-state index contributed by atoms with van der Waals surface area (Å²) in [6.45, 7) is 4.02. The highest BCUT2D eigenvalue weighted by Gasteiger charge is 2.34. The number of aromatic nitrogens is 1. The van der Waals surface area contributed by atoms with E-state index in [1.807, 2.05) is 55.5 Å². The molecule has 0 aliphatic carbocycles. The molecule has 1 aliphatic heterocycles. The minimum absolute atomic E-state index is 0.163. The predicted molar refractivity (Wildman–Crippen MR) is 117 cm³/mol. The molecule has 1 amide bonds. The van der Waals surface area contributed by atoms with Crippen LogP contribution in [0, 0.1) is 0 Å². The van der Waals surface area contributed by atoms with Crippen molar-refractivity contribution >= 4 is 34.1 Å². The van der Waals surface area contributed by atoms with Gasteiger partial charge >= 0.3 is 0 Å². The Hall–Kier alpha value is -3.12. The molecular formula is C23H22ClN3O3. The Labute approximate surface area is 180 Å². The van der Waals surface area contributed by atoms with Crippen LogP contribution in [0.3, 0.4) is 0 Å². The molecule has 0 N–H and O–H groups in total. The number of fused-ring (bicyclic) bond motifs is 1. The fourth-order valence-corrected chi connectivity index (χ4v) is 4.00. The summed E-state index contributed by atoms with van der Waals surface area (Å²) in [7, 11) is 1.62. The van der Waals surface area contributed by atoms with Gasteiger partial charge in [0.25, 0.3) is 0 Å². The van der Waals surface area contributed by atoms with Gasteiger partial charge in [0.15, 0.2) is 0 Å². The van der Waals surface area contributed by atoms with Gasteiger partial charge in [0.2, 0.25) is 5.91 Å². The van der Waals surface area contributed by atoms with Crippen molar-refractivity contribution in [1.82, 2.24) is 9.99 Å². The summed E-state index contributed by atoms with van der Waals surface area (Å²) in [6, 6.07) is 14.9. The molecule has 6 nitrogen and oxygen atoms in total. The SMILES string of the molecule is CCOc1ccc2nc(Cl)c([C@@H]3CC(c4ccccc4OC)=NN3C(C)=O)cc2c1. The standard InChI is InChI=1S/C23H22ClN3O3/c1-4-30-16-9-10-19-15(11-16)12-18(23(24)25-19)21-13-20(26-27(21)14(2)28)17-7-5-6-8-22(17)29-3/h5-12,21H,4,13H2,1-3H3/t21-/m0/s1. The molecule has 0 bridgehead atoms. The highest BCUT2D eigenvalue weighted by Crippen LogP contribution is 2.38. The van der Waals surface area contributed by atoms with Gasteiger partial charge in [-0.05, 0) is 43.3 Å². The smallest absolute Gasteiger partial charge is 0.240 e. The van der Waals surface area contributed by atoms with E-state index in [2.05, 4.69) is 10.1 Å². The molecule has 0 spiro atoms. The zero-order chi connectivity index (χ0) is 21.3. The molecule has 1 atom stereocenters. The van der Waals surface area contributed by atoms with E-state index in [4.69, 9.17) is 21.1 Å². The van der Waals surface area contributed by atoms with E-state index in [1.165, 1.54) is 11.9 Å². The Morgan fingerprint density at radius 3 is 2.77 bits per heavy atom. The van der Waals surface area contributed by atoms with Gasteiger partial charge in [-0.3, -0.25) is 4.79 Å². The highest BCUT2D eigenvalue weighted by molar-refractivity contribution is 6.30. The lowest BCUT2D eigenvalue weighted by molar-refractivity contribution is -0.130. The van der Waals surface area contributed by atoms with Gasteiger partial charge in [-0.1, -0.05) is 23.7 Å². The molecule has 1 aliphatic rings. The number of nitrogens with zero attached hydrogens (tertiary/aromatic N) is 3. The maximum Gasteiger partial charge on any atom is 0.240 e. The van der Waals surface area contributed by atoms with Gasteiger partial charge in [0.1, 0.15) is 16.7 Å². The molecule has 0 unspecified atom stereocenters. The first kappa shape index (κ1) is 20.2. The number of hydrazone groups is 1. The number of para-hydroxylation sites is 1. The Morgan fingerprint density at radius 2 is 2.03 bits per heavy atom. The quantitative estimate of drug-likeness (QED) is 0.542. The van der Waals surface area contributed by atoms with Crippen LogP contribution in [0.1, 0.15) is 37.4 Å². The van der Waals surface area contributed by atoms with Gasteiger partial charge in [0.05, 0.1) is 31.0 Å². The minimum atomic E-state index is -0.345. The molecule has 0 radical (unpaired) electrons. The average Bonchev–Trinajstić information content (AvgIpc) is 3.19. The number of hydrogen-bond acceptors (Lipinski definition) is 5. The van der Waals surface area contributed by atoms with Crippen molar-refractivity contribution in [2.45, 2.75) is 26.3 Å². The monoisotopic (exact) mass is 423 g/mol. The zero-order valence-electron chi connectivity index (χ0n) is 17.1. The molecule has 3 aromatic rings. The number of amides is 1. The van der Waals surface area contributed by atoms with Crippen molar-refractivity contribution in [3.05, 3.63) is 64.8 Å². The Bertz CT molecular complexity index is 1150. The number of rotatable bonds is 5. The van der Waals surface area contributed by atoms with Crippen LogP contribution in [0.4, 0.5) is 0 Å². The lowest BCUT2D eigenvalue weighted by Crippen LogP contribution is -2.24. The van der Waals surface area contributed by atoms with E-state index in [-0.39, 0.29) is 11.9 Å². The molecule has 1 aromatic heterocycles. The fourth-order valence-electron chi connectivity index (χ4n) is 3.73. The normalized spacial score (nSPS) is 15.9. The van der Waals surface area contributed by atoms with E-state index in [9.17, 15) is 4.79 Å². The van der Waals surface area contributed by atoms with Crippen LogP contribution in [0.15, 0.2) is 53.6 Å². The van der Waals surface area contributed by atoms with Gasteiger partial charge in [-0.15, -0.1) is 0 Å². The number of ether oxygens (including phenoxy) is 2. The van der Waals surface area contributed by atoms with E-state index in [1.54, 1.807) is 7.11 Å². The molecule has 0 fully saturated rings. The summed E-state index contributed by atoms with van der Waals surface area (Å²) < 4.78 is 11.1. The van der Waals surface area contributed by atoms with Crippen LogP contribution in [0.2, 0.25) is 5.15 Å². The molecular weight excluding hydrogens is 402 g/mol. The lowest BCUT2D eigenvalue weighted by atomic mass is 9.98. The van der Waals surface area contributed by atoms with E-state index in [0.29, 0.717) is 23.9 Å². The second-order valence-corrected chi connectivity index (χ2v) is 7.34. The largest absolute Gasteiger partial charge is 0.496 e. The van der Waals surface area contributed by atoms with Crippen molar-refractivity contribution in [1.29, 1.82) is 0 Å². The molecule has 2 aromatic carbocycles. The number of carbonyl (C=O) groups is 1. The first-order chi connectivity index (χ1) is 14.5. The number of carbonyl (C=O) groups excluding carboxylic acids is 1. The van der Waals surface area contributed by atoms with E-state index < -0.39 is 0 Å². The summed E-state index contributed by atoms with van der Waals surface area (Å²) in [6.07, 6.45) is 0.512. The van der Waals surface area contributed by atoms with Gasteiger partial charge < -0.3 is 9.47 Å². The van der Waals surface area contributed by atoms with Crippen molar-refractivity contribution < 1.29 is 14.3 Å². The third kappa shape index (κ3) is 3.71. The van der Waals surface area contributed by atoms with E-state index >= 15 is 0 Å². The maximum atomic E-state index is 12.4. The third-order valence-electron chi connectivity index (χ3n) is 5.09. The van der Waals surface area contributed by atoms with Crippen molar-refractivity contribution in [2.75, 3.05) is 13.7 Å². The molecule has 0 saturated carbocycles. The lowest BCUT2D eigenvalue weighted by Gasteiger charge is -2.21. The van der Waals surface area contributed by atoms with Crippen LogP contribution < -0.4 is 9.47 Å². The molecule has 154 valence electrons. The Balaban J connectivity index is 1.76. The van der Waals surface area contributed by atoms with Crippen molar-refractivity contribution in [3.63, 3.8) is 0 Å². The number of hydrogen-bond donors (Lipinski definition) is 0. The first-order valence-corrected chi connectivity index (χ1v) is 10.1. The summed E-state index contributed by atoms with van der Waals surface area (Å²) in [5, 5.41) is 7.34. The molecule has 30 heavy (non-hydrogen) atoms. The number of benzene rings is 2. The summed E-state index contributed by atoms with van der Waals surface area (Å²) >= 11 is 6.55. The Morgan fingerprint density at radius 1 is 1.23 bits per heavy atom. The maximum absolute atomic E-state index is 12.4. The Kier molecular flexibility index (Phi) is 5.59. The van der Waals surface area contributed by atoms with Crippen LogP contribution in [-0.4, -0.2) is 35.3 Å². The molecule has 2 heterocycles.